The van der Waals surface area contributed by atoms with Crippen LogP contribution in [0.2, 0.25) is 5.02 Å². The molecule has 0 fully saturated rings. The topological polar surface area (TPSA) is 47.6 Å². The van der Waals surface area contributed by atoms with Gasteiger partial charge < -0.3 is 14.8 Å². The van der Waals surface area contributed by atoms with Crippen molar-refractivity contribution >= 4 is 17.5 Å². The summed E-state index contributed by atoms with van der Waals surface area (Å²) in [7, 11) is 3.11. The fraction of sp³-hybridized carbons (Fsp3) is 0.278. The monoisotopic (exact) mass is 333 g/mol. The molecule has 0 unspecified atom stereocenters. The first-order valence-corrected chi connectivity index (χ1v) is 7.77. The van der Waals surface area contributed by atoms with Crippen molar-refractivity contribution in [3.63, 3.8) is 0 Å². The lowest BCUT2D eigenvalue weighted by Gasteiger charge is -2.10. The predicted molar refractivity (Wildman–Crippen MR) is 91.7 cm³/mol. The first-order valence-electron chi connectivity index (χ1n) is 7.39. The number of carbonyl (C=O) groups excluding carboxylic acids is 1. The summed E-state index contributed by atoms with van der Waals surface area (Å²) >= 11 is 6.11. The number of nitrogens with one attached hydrogen (secondary N) is 1. The van der Waals surface area contributed by atoms with Crippen LogP contribution in [0, 0.1) is 0 Å². The Morgan fingerprint density at radius 3 is 2.52 bits per heavy atom. The first-order chi connectivity index (χ1) is 11.2. The number of amides is 1. The van der Waals surface area contributed by atoms with Gasteiger partial charge in [-0.2, -0.15) is 0 Å². The summed E-state index contributed by atoms with van der Waals surface area (Å²) in [5.41, 5.74) is 1.63. The SMILES string of the molecule is COc1ccc(C(=O)NCCCc2ccccc2Cl)cc1OC. The summed E-state index contributed by atoms with van der Waals surface area (Å²) in [4.78, 5) is 12.2. The van der Waals surface area contributed by atoms with Crippen LogP contribution in [0.1, 0.15) is 22.3 Å². The smallest absolute Gasteiger partial charge is 0.251 e. The number of rotatable bonds is 7. The second kappa shape index (κ2) is 8.44. The molecule has 0 aliphatic rings. The molecule has 0 atom stereocenters. The third-order valence-corrected chi connectivity index (χ3v) is 3.88. The van der Waals surface area contributed by atoms with Gasteiger partial charge in [0.1, 0.15) is 0 Å². The van der Waals surface area contributed by atoms with Crippen LogP contribution >= 0.6 is 11.6 Å². The molecule has 0 spiro atoms. The van der Waals surface area contributed by atoms with Gasteiger partial charge >= 0.3 is 0 Å². The third kappa shape index (κ3) is 4.63. The molecule has 4 nitrogen and oxygen atoms in total. The van der Waals surface area contributed by atoms with Crippen molar-refractivity contribution in [2.24, 2.45) is 0 Å². The Labute approximate surface area is 141 Å². The third-order valence-electron chi connectivity index (χ3n) is 3.51. The maximum atomic E-state index is 12.2. The maximum absolute atomic E-state index is 12.2. The van der Waals surface area contributed by atoms with Crippen LogP contribution in [0.3, 0.4) is 0 Å². The molecule has 1 N–H and O–H groups in total. The Balaban J connectivity index is 1.86. The molecular weight excluding hydrogens is 314 g/mol. The zero-order chi connectivity index (χ0) is 16.7. The van der Waals surface area contributed by atoms with Crippen molar-refractivity contribution in [1.82, 2.24) is 5.32 Å². The first kappa shape index (κ1) is 17.2. The molecule has 0 saturated heterocycles. The van der Waals surface area contributed by atoms with Crippen LogP contribution in [0.5, 0.6) is 11.5 Å². The van der Waals surface area contributed by atoms with Gasteiger partial charge in [-0.1, -0.05) is 29.8 Å². The van der Waals surface area contributed by atoms with Crippen LogP contribution in [0.25, 0.3) is 0 Å². The molecule has 0 aromatic heterocycles. The molecule has 0 bridgehead atoms. The summed E-state index contributed by atoms with van der Waals surface area (Å²) in [6.07, 6.45) is 1.65. The Morgan fingerprint density at radius 2 is 1.83 bits per heavy atom. The quantitative estimate of drug-likeness (QED) is 0.785. The fourth-order valence-electron chi connectivity index (χ4n) is 2.26. The van der Waals surface area contributed by atoms with Crippen molar-refractivity contribution in [3.8, 4) is 11.5 Å². The molecule has 2 aromatic carbocycles. The van der Waals surface area contributed by atoms with Crippen molar-refractivity contribution in [1.29, 1.82) is 0 Å². The molecule has 2 rings (SSSR count). The van der Waals surface area contributed by atoms with Gasteiger partial charge in [-0.25, -0.2) is 0 Å². The summed E-state index contributed by atoms with van der Waals surface area (Å²) < 4.78 is 10.4. The molecule has 23 heavy (non-hydrogen) atoms. The molecule has 0 aliphatic heterocycles. The average molecular weight is 334 g/mol. The highest BCUT2D eigenvalue weighted by molar-refractivity contribution is 6.31. The Hall–Kier alpha value is -2.20. The van der Waals surface area contributed by atoms with Crippen molar-refractivity contribution in [2.75, 3.05) is 20.8 Å². The van der Waals surface area contributed by atoms with Crippen molar-refractivity contribution in [3.05, 3.63) is 58.6 Å². The van der Waals surface area contributed by atoms with E-state index in [2.05, 4.69) is 5.32 Å². The lowest BCUT2D eigenvalue weighted by Crippen LogP contribution is -2.24. The van der Waals surface area contributed by atoms with E-state index in [9.17, 15) is 4.79 Å². The number of ether oxygens (including phenoxy) is 2. The molecule has 5 heteroatoms. The highest BCUT2D eigenvalue weighted by atomic mass is 35.5. The van der Waals surface area contributed by atoms with E-state index in [4.69, 9.17) is 21.1 Å². The fourth-order valence-corrected chi connectivity index (χ4v) is 2.49. The van der Waals surface area contributed by atoms with Gasteiger partial charge in [0, 0.05) is 17.1 Å². The predicted octanol–water partition coefficient (Wildman–Crippen LogP) is 3.72. The van der Waals surface area contributed by atoms with E-state index in [0.717, 1.165) is 23.4 Å². The number of hydrogen-bond acceptors (Lipinski definition) is 3. The van der Waals surface area contributed by atoms with Gasteiger partial charge in [-0.3, -0.25) is 4.79 Å². The summed E-state index contributed by atoms with van der Waals surface area (Å²) in [5, 5.41) is 3.66. The molecule has 0 saturated carbocycles. The highest BCUT2D eigenvalue weighted by Gasteiger charge is 2.10. The van der Waals surface area contributed by atoms with Crippen LogP contribution in [-0.4, -0.2) is 26.7 Å². The molecule has 2 aromatic rings. The number of aryl methyl sites for hydroxylation is 1. The second-order valence-corrected chi connectivity index (χ2v) is 5.43. The van der Waals surface area contributed by atoms with Crippen LogP contribution in [0.15, 0.2) is 42.5 Å². The van der Waals surface area contributed by atoms with Crippen molar-refractivity contribution in [2.45, 2.75) is 12.8 Å². The van der Waals surface area contributed by atoms with Crippen molar-refractivity contribution < 1.29 is 14.3 Å². The number of methoxy groups -OCH3 is 2. The number of halogens is 1. The summed E-state index contributed by atoms with van der Waals surface area (Å²) in [6, 6.07) is 12.8. The van der Waals surface area contributed by atoms with E-state index in [-0.39, 0.29) is 5.91 Å². The van der Waals surface area contributed by atoms with Gasteiger partial charge in [0.05, 0.1) is 14.2 Å². The zero-order valence-corrected chi connectivity index (χ0v) is 14.0. The number of hydrogen-bond donors (Lipinski definition) is 1. The zero-order valence-electron chi connectivity index (χ0n) is 13.3. The molecular formula is C18H20ClNO3. The highest BCUT2D eigenvalue weighted by Crippen LogP contribution is 2.27. The van der Waals surface area contributed by atoms with E-state index < -0.39 is 0 Å². The van der Waals surface area contributed by atoms with E-state index in [1.165, 1.54) is 0 Å². The number of carbonyl (C=O) groups is 1. The van der Waals surface area contributed by atoms with E-state index in [1.54, 1.807) is 32.4 Å². The Kier molecular flexibility index (Phi) is 6.29. The number of benzene rings is 2. The largest absolute Gasteiger partial charge is 0.493 e. The normalized spacial score (nSPS) is 10.2. The summed E-state index contributed by atoms with van der Waals surface area (Å²) in [6.45, 7) is 0.582. The average Bonchev–Trinajstić information content (AvgIpc) is 2.59. The molecule has 0 aliphatic carbocycles. The van der Waals surface area contributed by atoms with E-state index in [0.29, 0.717) is 23.6 Å². The minimum absolute atomic E-state index is 0.134. The van der Waals surface area contributed by atoms with Gasteiger partial charge in [0.15, 0.2) is 11.5 Å². The van der Waals surface area contributed by atoms with Gasteiger partial charge in [-0.15, -0.1) is 0 Å². The van der Waals surface area contributed by atoms with Crippen LogP contribution in [-0.2, 0) is 6.42 Å². The lowest BCUT2D eigenvalue weighted by atomic mass is 10.1. The van der Waals surface area contributed by atoms with E-state index >= 15 is 0 Å². The molecule has 0 radical (unpaired) electrons. The Bertz CT molecular complexity index is 673. The minimum Gasteiger partial charge on any atom is -0.493 e. The molecule has 0 heterocycles. The van der Waals surface area contributed by atoms with Gasteiger partial charge in [-0.05, 0) is 42.7 Å². The van der Waals surface area contributed by atoms with Gasteiger partial charge in [0.2, 0.25) is 0 Å². The molecule has 1 amide bonds. The summed E-state index contributed by atoms with van der Waals surface area (Å²) in [5.74, 6) is 1.00. The second-order valence-electron chi connectivity index (χ2n) is 5.02. The lowest BCUT2D eigenvalue weighted by molar-refractivity contribution is 0.0953. The standard InChI is InChI=1S/C18H20ClNO3/c1-22-16-10-9-14(12-17(16)23-2)18(21)20-11-5-7-13-6-3-4-8-15(13)19/h3-4,6,8-10,12H,5,7,11H2,1-2H3,(H,20,21). The minimum atomic E-state index is -0.134. The van der Waals surface area contributed by atoms with Crippen LogP contribution < -0.4 is 14.8 Å². The van der Waals surface area contributed by atoms with E-state index in [1.807, 2.05) is 24.3 Å². The Morgan fingerprint density at radius 1 is 1.09 bits per heavy atom. The van der Waals surface area contributed by atoms with Crippen LogP contribution in [0.4, 0.5) is 0 Å². The maximum Gasteiger partial charge on any atom is 0.251 e. The van der Waals surface area contributed by atoms with Gasteiger partial charge in [0.25, 0.3) is 5.91 Å². The molecule has 122 valence electrons.